The van der Waals surface area contributed by atoms with Gasteiger partial charge in [0.1, 0.15) is 17.5 Å². The predicted octanol–water partition coefficient (Wildman–Crippen LogP) is 5.03. The maximum absolute atomic E-state index is 14.2. The zero-order valence-corrected chi connectivity index (χ0v) is 17.6. The number of rotatable bonds is 6. The number of carbonyl (C=O) groups excluding carboxylic acids is 1. The van der Waals surface area contributed by atoms with Gasteiger partial charge in [-0.1, -0.05) is 54.6 Å². The van der Waals surface area contributed by atoms with Gasteiger partial charge in [-0.05, 0) is 30.0 Å². The summed E-state index contributed by atoms with van der Waals surface area (Å²) in [6.45, 7) is 1.51. The van der Waals surface area contributed by atoms with Crippen molar-refractivity contribution in [1.29, 1.82) is 0 Å². The van der Waals surface area contributed by atoms with Gasteiger partial charge in [0, 0.05) is 43.4 Å². The van der Waals surface area contributed by atoms with E-state index in [0.717, 1.165) is 11.6 Å². The van der Waals surface area contributed by atoms with Gasteiger partial charge in [-0.2, -0.15) is 0 Å². The Morgan fingerprint density at radius 2 is 1.62 bits per heavy atom. The summed E-state index contributed by atoms with van der Waals surface area (Å²) in [4.78, 5) is 15.0. The van der Waals surface area contributed by atoms with Crippen molar-refractivity contribution in [2.45, 2.75) is 25.4 Å². The van der Waals surface area contributed by atoms with Crippen LogP contribution in [0.5, 0.6) is 0 Å². The molecule has 4 rings (SSSR count). The van der Waals surface area contributed by atoms with Crippen LogP contribution in [0.2, 0.25) is 0 Å². The van der Waals surface area contributed by atoms with E-state index in [-0.39, 0.29) is 36.6 Å². The number of halogens is 3. The first-order valence-electron chi connectivity index (χ1n) is 10.7. The third-order valence-electron chi connectivity index (χ3n) is 5.99. The normalized spacial score (nSPS) is 19.0. The second kappa shape index (κ2) is 10.0. The highest BCUT2D eigenvalue weighted by Gasteiger charge is 2.32. The van der Waals surface area contributed by atoms with E-state index in [2.05, 4.69) is 5.32 Å². The summed E-state index contributed by atoms with van der Waals surface area (Å²) in [5, 5.41) is 2.86. The number of likely N-dealkylation sites (tertiary alicyclic amines) is 1. The Labute approximate surface area is 185 Å². The summed E-state index contributed by atoms with van der Waals surface area (Å²) in [5.74, 6) is -1.95. The maximum Gasteiger partial charge on any atom is 0.224 e. The molecule has 1 aliphatic heterocycles. The van der Waals surface area contributed by atoms with Crippen LogP contribution >= 0.6 is 0 Å². The monoisotopic (exact) mass is 438 g/mol. The molecule has 3 aromatic carbocycles. The third-order valence-corrected chi connectivity index (χ3v) is 5.99. The van der Waals surface area contributed by atoms with Gasteiger partial charge in [-0.25, -0.2) is 13.2 Å². The standard InChI is InChI=1S/C26H25F3N2O/c27-23-11-10-20(25(29)13-23)15-31-16-21(18-6-2-1-3-7-18)12-22(17-31)26(32)30-14-19-8-4-5-9-24(19)28/h1-11,13,21-22H,12,14-17H2,(H,30,32). The molecule has 0 saturated carbocycles. The molecule has 0 spiro atoms. The second-order valence-electron chi connectivity index (χ2n) is 8.28. The van der Waals surface area contributed by atoms with Crippen molar-refractivity contribution < 1.29 is 18.0 Å². The Morgan fingerprint density at radius 1 is 0.875 bits per heavy atom. The molecule has 1 fully saturated rings. The molecule has 1 aliphatic rings. The van der Waals surface area contributed by atoms with Crippen LogP contribution in [0, 0.1) is 23.4 Å². The van der Waals surface area contributed by atoms with Gasteiger partial charge >= 0.3 is 0 Å². The minimum Gasteiger partial charge on any atom is -0.352 e. The minimum absolute atomic E-state index is 0.0951. The van der Waals surface area contributed by atoms with Gasteiger partial charge in [0.15, 0.2) is 0 Å². The largest absolute Gasteiger partial charge is 0.352 e. The summed E-state index contributed by atoms with van der Waals surface area (Å²) < 4.78 is 41.5. The van der Waals surface area contributed by atoms with Crippen LogP contribution < -0.4 is 5.32 Å². The number of nitrogens with one attached hydrogen (secondary N) is 1. The van der Waals surface area contributed by atoms with Gasteiger partial charge < -0.3 is 5.32 Å². The summed E-state index contributed by atoms with van der Waals surface area (Å²) >= 11 is 0. The Hall–Kier alpha value is -3.12. The van der Waals surface area contributed by atoms with Crippen molar-refractivity contribution >= 4 is 5.91 Å². The van der Waals surface area contributed by atoms with Crippen LogP contribution in [0.15, 0.2) is 72.8 Å². The zero-order valence-electron chi connectivity index (χ0n) is 17.6. The molecule has 1 heterocycles. The molecule has 1 amide bonds. The van der Waals surface area contributed by atoms with E-state index in [1.807, 2.05) is 35.2 Å². The Bertz CT molecular complexity index is 1070. The van der Waals surface area contributed by atoms with E-state index in [9.17, 15) is 18.0 Å². The fourth-order valence-corrected chi connectivity index (χ4v) is 4.34. The van der Waals surface area contributed by atoms with E-state index < -0.39 is 11.6 Å². The van der Waals surface area contributed by atoms with Crippen LogP contribution in [0.1, 0.15) is 29.0 Å². The van der Waals surface area contributed by atoms with E-state index in [1.165, 1.54) is 18.2 Å². The Balaban J connectivity index is 1.50. The Kier molecular flexibility index (Phi) is 6.90. The van der Waals surface area contributed by atoms with Crippen molar-refractivity contribution in [3.8, 4) is 0 Å². The molecule has 0 aliphatic carbocycles. The van der Waals surface area contributed by atoms with Crippen molar-refractivity contribution in [2.75, 3.05) is 13.1 Å². The number of benzene rings is 3. The fraction of sp³-hybridized carbons (Fsp3) is 0.269. The predicted molar refractivity (Wildman–Crippen MR) is 117 cm³/mol. The number of nitrogens with zero attached hydrogens (tertiary/aromatic N) is 1. The topological polar surface area (TPSA) is 32.3 Å². The average Bonchev–Trinajstić information content (AvgIpc) is 2.80. The second-order valence-corrected chi connectivity index (χ2v) is 8.28. The van der Waals surface area contributed by atoms with Crippen molar-refractivity contribution in [2.24, 2.45) is 5.92 Å². The number of amides is 1. The number of hydrogen-bond donors (Lipinski definition) is 1. The molecule has 0 bridgehead atoms. The van der Waals surface area contributed by atoms with Gasteiger partial charge in [0.05, 0.1) is 5.92 Å². The highest BCUT2D eigenvalue weighted by Crippen LogP contribution is 2.31. The highest BCUT2D eigenvalue weighted by atomic mass is 19.1. The minimum atomic E-state index is -0.613. The van der Waals surface area contributed by atoms with E-state index >= 15 is 0 Å². The molecular weight excluding hydrogens is 413 g/mol. The van der Waals surface area contributed by atoms with Crippen LogP contribution in [0.25, 0.3) is 0 Å². The lowest BCUT2D eigenvalue weighted by Crippen LogP contribution is -2.45. The number of piperidine rings is 1. The summed E-state index contributed by atoms with van der Waals surface area (Å²) in [6.07, 6.45) is 0.648. The maximum atomic E-state index is 14.2. The lowest BCUT2D eigenvalue weighted by molar-refractivity contribution is -0.127. The molecule has 2 atom stereocenters. The molecule has 1 N–H and O–H groups in total. The van der Waals surface area contributed by atoms with Gasteiger partial charge in [0.2, 0.25) is 5.91 Å². The summed E-state index contributed by atoms with van der Waals surface area (Å²) in [6, 6.07) is 19.8. The van der Waals surface area contributed by atoms with Crippen LogP contribution in [-0.4, -0.2) is 23.9 Å². The fourth-order valence-electron chi connectivity index (χ4n) is 4.34. The van der Waals surface area contributed by atoms with Crippen molar-refractivity contribution in [3.05, 3.63) is 107 Å². The molecule has 0 aromatic heterocycles. The third kappa shape index (κ3) is 5.37. The average molecular weight is 438 g/mol. The quantitative estimate of drug-likeness (QED) is 0.586. The number of carbonyl (C=O) groups is 1. The molecule has 3 aromatic rings. The van der Waals surface area contributed by atoms with Crippen LogP contribution in [0.4, 0.5) is 13.2 Å². The SMILES string of the molecule is O=C(NCc1ccccc1F)C1CC(c2ccccc2)CN(Cc2ccc(F)cc2F)C1. The molecular formula is C26H25F3N2O. The van der Waals surface area contributed by atoms with Gasteiger partial charge in [-0.3, -0.25) is 9.69 Å². The first kappa shape index (κ1) is 22.1. The zero-order chi connectivity index (χ0) is 22.5. The molecule has 1 saturated heterocycles. The van der Waals surface area contributed by atoms with Crippen LogP contribution in [0.3, 0.4) is 0 Å². The molecule has 2 unspecified atom stereocenters. The van der Waals surface area contributed by atoms with E-state index in [4.69, 9.17) is 0 Å². The molecule has 32 heavy (non-hydrogen) atoms. The van der Waals surface area contributed by atoms with Gasteiger partial charge in [0.25, 0.3) is 0 Å². The number of hydrogen-bond acceptors (Lipinski definition) is 2. The molecule has 3 nitrogen and oxygen atoms in total. The summed E-state index contributed by atoms with van der Waals surface area (Å²) in [5.41, 5.74) is 1.94. The molecule has 0 radical (unpaired) electrons. The first-order valence-corrected chi connectivity index (χ1v) is 10.7. The smallest absolute Gasteiger partial charge is 0.224 e. The van der Waals surface area contributed by atoms with E-state index in [1.54, 1.807) is 18.2 Å². The highest BCUT2D eigenvalue weighted by molar-refractivity contribution is 5.79. The molecule has 6 heteroatoms. The Morgan fingerprint density at radius 3 is 2.38 bits per heavy atom. The van der Waals surface area contributed by atoms with Crippen LogP contribution in [-0.2, 0) is 17.9 Å². The lowest BCUT2D eigenvalue weighted by atomic mass is 9.84. The van der Waals surface area contributed by atoms with E-state index in [0.29, 0.717) is 30.6 Å². The van der Waals surface area contributed by atoms with Crippen molar-refractivity contribution in [1.82, 2.24) is 10.2 Å². The summed E-state index contributed by atoms with van der Waals surface area (Å²) in [7, 11) is 0. The molecule has 166 valence electrons. The lowest BCUT2D eigenvalue weighted by Gasteiger charge is -2.37. The first-order chi connectivity index (χ1) is 15.5. The van der Waals surface area contributed by atoms with Gasteiger partial charge in [-0.15, -0.1) is 0 Å². The van der Waals surface area contributed by atoms with Crippen molar-refractivity contribution in [3.63, 3.8) is 0 Å².